The fourth-order valence-corrected chi connectivity index (χ4v) is 8.14. The minimum absolute atomic E-state index is 0.110. The van der Waals surface area contributed by atoms with E-state index in [-0.39, 0.29) is 23.7 Å². The zero-order valence-electron chi connectivity index (χ0n) is 30.8. The summed E-state index contributed by atoms with van der Waals surface area (Å²) in [6.45, 7) is 6.06. The van der Waals surface area contributed by atoms with Gasteiger partial charge in [0.25, 0.3) is 11.8 Å². The molecule has 0 fully saturated rings. The van der Waals surface area contributed by atoms with Crippen LogP contribution < -0.4 is 16.0 Å². The van der Waals surface area contributed by atoms with E-state index in [2.05, 4.69) is 22.0 Å². The van der Waals surface area contributed by atoms with Crippen molar-refractivity contribution in [2.45, 2.75) is 49.5 Å². The molecule has 3 N–H and O–H groups in total. The molecule has 0 radical (unpaired) electrons. The van der Waals surface area contributed by atoms with E-state index in [1.807, 2.05) is 30.3 Å². The van der Waals surface area contributed by atoms with Gasteiger partial charge in [-0.05, 0) is 80.8 Å². The molecule has 2 heterocycles. The van der Waals surface area contributed by atoms with E-state index >= 15 is 0 Å². The molecule has 4 amide bonds. The van der Waals surface area contributed by atoms with Gasteiger partial charge in [0.05, 0.1) is 12.1 Å². The molecule has 5 aromatic rings. The van der Waals surface area contributed by atoms with Crippen LogP contribution in [0.15, 0.2) is 120 Å². The quantitative estimate of drug-likeness (QED) is 0.0949. The van der Waals surface area contributed by atoms with Gasteiger partial charge in [0.1, 0.15) is 33.4 Å². The predicted octanol–water partition coefficient (Wildman–Crippen LogP) is 8.93. The fraction of sp³-hybridized carbons (Fsp3) is 0.186. The van der Waals surface area contributed by atoms with Crippen LogP contribution in [0, 0.1) is 17.1 Å². The maximum atomic E-state index is 14.7. The molecule has 10 nitrogen and oxygen atoms in total. The molecule has 13 heteroatoms. The topological polar surface area (TPSA) is 141 Å². The van der Waals surface area contributed by atoms with Crippen LogP contribution in [-0.4, -0.2) is 40.9 Å². The van der Waals surface area contributed by atoms with E-state index in [4.69, 9.17) is 4.74 Å². The van der Waals surface area contributed by atoms with Gasteiger partial charge >= 0.3 is 6.09 Å². The zero-order chi connectivity index (χ0) is 39.8. The smallest absolute Gasteiger partial charge is 0.410 e. The van der Waals surface area contributed by atoms with Crippen LogP contribution >= 0.6 is 23.1 Å². The molecule has 1 unspecified atom stereocenters. The van der Waals surface area contributed by atoms with Crippen LogP contribution in [0.2, 0.25) is 0 Å². The van der Waals surface area contributed by atoms with Gasteiger partial charge in [-0.15, -0.1) is 23.1 Å². The third-order valence-electron chi connectivity index (χ3n) is 8.48. The van der Waals surface area contributed by atoms with Gasteiger partial charge < -0.3 is 25.6 Å². The van der Waals surface area contributed by atoms with Crippen molar-refractivity contribution in [3.63, 3.8) is 0 Å². The second-order valence-electron chi connectivity index (χ2n) is 13.8. The summed E-state index contributed by atoms with van der Waals surface area (Å²) in [5.74, 6) is -2.17. The third kappa shape index (κ3) is 9.89. The van der Waals surface area contributed by atoms with Crippen LogP contribution in [0.4, 0.5) is 19.9 Å². The van der Waals surface area contributed by atoms with Gasteiger partial charge in [0.15, 0.2) is 0 Å². The molecule has 0 saturated heterocycles. The van der Waals surface area contributed by atoms with Crippen LogP contribution in [0.25, 0.3) is 6.08 Å². The maximum Gasteiger partial charge on any atom is 0.410 e. The minimum atomic E-state index is -0.771. The normalized spacial score (nSPS) is 13.1. The predicted molar refractivity (Wildman–Crippen MR) is 216 cm³/mol. The lowest BCUT2D eigenvalue weighted by Crippen LogP contribution is -2.39. The number of amides is 4. The first kappa shape index (κ1) is 39.5. The number of nitrogens with one attached hydrogen (secondary N) is 3. The van der Waals surface area contributed by atoms with Crippen LogP contribution in [0.1, 0.15) is 63.5 Å². The molecule has 1 atom stereocenters. The number of benzene rings is 4. The summed E-state index contributed by atoms with van der Waals surface area (Å²) in [7, 11) is 0. The summed E-state index contributed by atoms with van der Waals surface area (Å²) in [5.41, 5.74) is 1.86. The van der Waals surface area contributed by atoms with Crippen molar-refractivity contribution >= 4 is 63.7 Å². The number of ether oxygens (including phenoxy) is 1. The van der Waals surface area contributed by atoms with E-state index in [0.717, 1.165) is 10.4 Å². The Balaban J connectivity index is 1.22. The molecule has 284 valence electrons. The number of nitrogens with zero attached hydrogens (tertiary/aromatic N) is 2. The highest BCUT2D eigenvalue weighted by Gasteiger charge is 2.31. The number of nitriles is 1. The Morgan fingerprint density at radius 1 is 0.929 bits per heavy atom. The number of carbonyl (C=O) groups is 4. The number of fused-ring (bicyclic) bond motifs is 1. The Bertz CT molecular complexity index is 2330. The first-order chi connectivity index (χ1) is 26.9. The number of halogens is 1. The third-order valence-corrected chi connectivity index (χ3v) is 10.9. The summed E-state index contributed by atoms with van der Waals surface area (Å²) < 4.78 is 20.2. The van der Waals surface area contributed by atoms with Crippen molar-refractivity contribution in [3.05, 3.63) is 153 Å². The lowest BCUT2D eigenvalue weighted by Gasteiger charge is -2.29. The van der Waals surface area contributed by atoms with Gasteiger partial charge in [-0.25, -0.2) is 9.18 Å². The highest BCUT2D eigenvalue weighted by atomic mass is 32.2. The number of thioether (sulfide) groups is 1. The molecule has 0 bridgehead atoms. The Kier molecular flexibility index (Phi) is 12.3. The van der Waals surface area contributed by atoms with Gasteiger partial charge in [0.2, 0.25) is 5.91 Å². The molecule has 4 aromatic carbocycles. The molecule has 6 rings (SSSR count). The van der Waals surface area contributed by atoms with Gasteiger partial charge in [-0.2, -0.15) is 5.26 Å². The van der Waals surface area contributed by atoms with Crippen LogP contribution in [-0.2, 0) is 27.3 Å². The van der Waals surface area contributed by atoms with E-state index < -0.39 is 34.6 Å². The fourth-order valence-electron chi connectivity index (χ4n) is 5.84. The lowest BCUT2D eigenvalue weighted by molar-refractivity contribution is -0.116. The summed E-state index contributed by atoms with van der Waals surface area (Å²) in [6, 6.07) is 32.6. The second-order valence-corrected chi connectivity index (χ2v) is 16.0. The number of rotatable bonds is 10. The lowest BCUT2D eigenvalue weighted by atomic mass is 10.0. The second kappa shape index (κ2) is 17.5. The molecule has 1 aliphatic heterocycles. The highest BCUT2D eigenvalue weighted by Crippen LogP contribution is 2.41. The monoisotopic (exact) mass is 787 g/mol. The average molecular weight is 788 g/mol. The van der Waals surface area contributed by atoms with Crippen molar-refractivity contribution in [3.8, 4) is 6.07 Å². The van der Waals surface area contributed by atoms with Crippen molar-refractivity contribution < 1.29 is 28.3 Å². The Hall–Kier alpha value is -6.23. The van der Waals surface area contributed by atoms with E-state index in [9.17, 15) is 28.8 Å². The number of hydrogen-bond acceptors (Lipinski definition) is 8. The molecule has 0 spiro atoms. The Morgan fingerprint density at radius 2 is 1.62 bits per heavy atom. The number of anilines is 2. The summed E-state index contributed by atoms with van der Waals surface area (Å²) in [4.78, 5) is 56.7. The Labute approximate surface area is 332 Å². The van der Waals surface area contributed by atoms with Crippen molar-refractivity contribution in [1.29, 1.82) is 5.26 Å². The molecular formula is C43H38FN5O5S2. The summed E-state index contributed by atoms with van der Waals surface area (Å²) in [6.07, 6.45) is 1.29. The first-order valence-electron chi connectivity index (χ1n) is 17.7. The summed E-state index contributed by atoms with van der Waals surface area (Å²) >= 11 is 2.51. The van der Waals surface area contributed by atoms with Crippen molar-refractivity contribution in [2.24, 2.45) is 0 Å². The van der Waals surface area contributed by atoms with Crippen LogP contribution in [0.3, 0.4) is 0 Å². The van der Waals surface area contributed by atoms with Gasteiger partial charge in [0, 0.05) is 33.1 Å². The standard InChI is InChI=1S/C43H38FN5O5S2/c1-43(2,3)54-42(53)49-22-21-32-33(25-45)41(56-36(32)26-49)48-40(52)37(27-13-6-4-7-14-27)55-31-19-12-18-30(24-31)46-39(51)35(23-29-17-10-11-20-34(29)44)47-38(50)28-15-8-5-9-16-28/h4-20,23-24,37H,21-22,26H2,1-3H3,(H,46,51)(H,47,50)(H,48,52)/b35-23-. The maximum absolute atomic E-state index is 14.7. The van der Waals surface area contributed by atoms with Crippen molar-refractivity contribution in [1.82, 2.24) is 10.2 Å². The zero-order valence-corrected chi connectivity index (χ0v) is 32.4. The average Bonchev–Trinajstić information content (AvgIpc) is 3.53. The van der Waals surface area contributed by atoms with Crippen molar-refractivity contribution in [2.75, 3.05) is 17.2 Å². The Morgan fingerprint density at radius 3 is 2.32 bits per heavy atom. The molecule has 1 aromatic heterocycles. The minimum Gasteiger partial charge on any atom is -0.444 e. The molecule has 1 aliphatic rings. The van der Waals surface area contributed by atoms with E-state index in [1.165, 1.54) is 47.4 Å². The number of carbonyl (C=O) groups excluding carboxylic acids is 4. The highest BCUT2D eigenvalue weighted by molar-refractivity contribution is 8.00. The molecule has 56 heavy (non-hydrogen) atoms. The first-order valence-corrected chi connectivity index (χ1v) is 19.4. The SMILES string of the molecule is CC(C)(C)OC(=O)N1CCc2c(sc(NC(=O)C(Sc3cccc(NC(=O)/C(=C/c4ccccc4F)NC(=O)c4ccccc4)c3)c3ccccc3)c2C#N)C1. The van der Waals surface area contributed by atoms with Gasteiger partial charge in [-0.3, -0.25) is 14.4 Å². The molecule has 0 aliphatic carbocycles. The summed E-state index contributed by atoms with van der Waals surface area (Å²) in [5, 5.41) is 18.2. The number of hydrogen-bond donors (Lipinski definition) is 3. The largest absolute Gasteiger partial charge is 0.444 e. The van der Waals surface area contributed by atoms with Gasteiger partial charge in [-0.1, -0.05) is 72.8 Å². The van der Waals surface area contributed by atoms with E-state index in [1.54, 1.807) is 86.3 Å². The molecule has 0 saturated carbocycles. The van der Waals surface area contributed by atoms with Crippen LogP contribution in [0.5, 0.6) is 0 Å². The van der Waals surface area contributed by atoms with E-state index in [0.29, 0.717) is 45.2 Å². The number of thiophene rings is 1. The molecular weight excluding hydrogens is 750 g/mol.